The van der Waals surface area contributed by atoms with Crippen LogP contribution in [0.2, 0.25) is 0 Å². The highest BCUT2D eigenvalue weighted by atomic mass is 16.5. The van der Waals surface area contributed by atoms with E-state index in [0.29, 0.717) is 31.3 Å². The lowest BCUT2D eigenvalue weighted by atomic mass is 10.2. The van der Waals surface area contributed by atoms with Crippen LogP contribution in [0.3, 0.4) is 0 Å². The number of hydrogen-bond acceptors (Lipinski definition) is 6. The third kappa shape index (κ3) is 5.55. The van der Waals surface area contributed by atoms with Crippen molar-refractivity contribution in [3.8, 4) is 0 Å². The second kappa shape index (κ2) is 8.41. The minimum atomic E-state index is -0.300. The van der Waals surface area contributed by atoms with Gasteiger partial charge in [-0.15, -0.1) is 0 Å². The van der Waals surface area contributed by atoms with Crippen molar-refractivity contribution in [1.82, 2.24) is 9.97 Å². The van der Waals surface area contributed by atoms with Crippen LogP contribution in [0.25, 0.3) is 0 Å². The molecule has 1 heterocycles. The third-order valence-corrected chi connectivity index (χ3v) is 3.00. The van der Waals surface area contributed by atoms with E-state index in [2.05, 4.69) is 14.7 Å². The molecule has 0 amide bonds. The predicted octanol–water partition coefficient (Wildman–Crippen LogP) is 0.909. The van der Waals surface area contributed by atoms with Crippen LogP contribution in [0.15, 0.2) is 10.9 Å². The van der Waals surface area contributed by atoms with Crippen molar-refractivity contribution in [3.63, 3.8) is 0 Å². The van der Waals surface area contributed by atoms with E-state index in [9.17, 15) is 9.59 Å². The van der Waals surface area contributed by atoms with E-state index in [4.69, 9.17) is 4.74 Å². The van der Waals surface area contributed by atoms with Gasteiger partial charge in [-0.05, 0) is 0 Å². The lowest BCUT2D eigenvalue weighted by Crippen LogP contribution is -2.32. The Hall–Kier alpha value is -1.89. The molecule has 0 aliphatic carbocycles. The number of H-pyrrole nitrogens is 1. The molecular weight excluding hydrogens is 274 g/mol. The first-order valence-corrected chi connectivity index (χ1v) is 6.90. The van der Waals surface area contributed by atoms with Crippen molar-refractivity contribution in [2.45, 2.75) is 26.2 Å². The number of rotatable bonds is 8. The lowest BCUT2D eigenvalue weighted by Gasteiger charge is -2.23. The number of methoxy groups -OCH3 is 2. The molecule has 1 N–H and O–H groups in total. The Kier molecular flexibility index (Phi) is 6.87. The summed E-state index contributed by atoms with van der Waals surface area (Å²) in [5.74, 6) is 0.982. The quantitative estimate of drug-likeness (QED) is 0.718. The molecule has 0 saturated heterocycles. The van der Waals surface area contributed by atoms with E-state index in [0.717, 1.165) is 0 Å². The smallest absolute Gasteiger partial charge is 0.307 e. The fourth-order valence-electron chi connectivity index (χ4n) is 1.77. The van der Waals surface area contributed by atoms with E-state index >= 15 is 0 Å². The molecule has 1 rings (SSSR count). The van der Waals surface area contributed by atoms with Crippen LogP contribution < -0.4 is 10.5 Å². The summed E-state index contributed by atoms with van der Waals surface area (Å²) in [6.07, 6.45) is 0.228. The molecule has 0 aromatic carbocycles. The fraction of sp³-hybridized carbons (Fsp3) is 0.643. The number of aromatic amines is 1. The number of esters is 1. The summed E-state index contributed by atoms with van der Waals surface area (Å²) in [6, 6.07) is 1.43. The molecule has 0 spiro atoms. The Labute approximate surface area is 124 Å². The van der Waals surface area contributed by atoms with Gasteiger partial charge in [0.25, 0.3) is 5.56 Å². The molecule has 0 radical (unpaired) electrons. The second-order valence-corrected chi connectivity index (χ2v) is 4.95. The van der Waals surface area contributed by atoms with Gasteiger partial charge in [-0.3, -0.25) is 9.59 Å². The molecule has 21 heavy (non-hydrogen) atoms. The minimum Gasteiger partial charge on any atom is -0.469 e. The summed E-state index contributed by atoms with van der Waals surface area (Å²) in [6.45, 7) is 5.35. The summed E-state index contributed by atoms with van der Waals surface area (Å²) in [7, 11) is 2.95. The number of anilines is 1. The Bertz CT molecular complexity index is 513. The van der Waals surface area contributed by atoms with Gasteiger partial charge in [-0.1, -0.05) is 13.8 Å². The Morgan fingerprint density at radius 1 is 1.38 bits per heavy atom. The van der Waals surface area contributed by atoms with Crippen LogP contribution in [0.5, 0.6) is 0 Å². The van der Waals surface area contributed by atoms with Gasteiger partial charge in [-0.25, -0.2) is 4.98 Å². The predicted molar refractivity (Wildman–Crippen MR) is 79.7 cm³/mol. The zero-order valence-electron chi connectivity index (χ0n) is 13.0. The standard InChI is InChI=1S/C14H23N3O4/c1-10(2)14-15-11(9-12(18)16-14)17(7-8-20-3)6-5-13(19)21-4/h9-10H,5-8H2,1-4H3,(H,15,16,18). The van der Waals surface area contributed by atoms with Crippen LogP contribution >= 0.6 is 0 Å². The normalized spacial score (nSPS) is 10.7. The number of hydrogen-bond donors (Lipinski definition) is 1. The van der Waals surface area contributed by atoms with E-state index in [1.54, 1.807) is 7.11 Å². The van der Waals surface area contributed by atoms with E-state index < -0.39 is 0 Å². The Morgan fingerprint density at radius 2 is 2.10 bits per heavy atom. The molecule has 0 fully saturated rings. The van der Waals surface area contributed by atoms with Crippen molar-refractivity contribution < 1.29 is 14.3 Å². The molecule has 7 nitrogen and oxygen atoms in total. The molecule has 0 unspecified atom stereocenters. The molecule has 118 valence electrons. The van der Waals surface area contributed by atoms with Crippen molar-refractivity contribution in [2.75, 3.05) is 38.8 Å². The van der Waals surface area contributed by atoms with E-state index in [1.807, 2.05) is 18.7 Å². The number of nitrogens with one attached hydrogen (secondary N) is 1. The average molecular weight is 297 g/mol. The van der Waals surface area contributed by atoms with Gasteiger partial charge in [0.1, 0.15) is 11.6 Å². The van der Waals surface area contributed by atoms with Gasteiger partial charge in [0, 0.05) is 32.2 Å². The van der Waals surface area contributed by atoms with Crippen LogP contribution in [0, 0.1) is 0 Å². The maximum Gasteiger partial charge on any atom is 0.307 e. The highest BCUT2D eigenvalue weighted by molar-refractivity contribution is 5.69. The average Bonchev–Trinajstić information content (AvgIpc) is 2.46. The van der Waals surface area contributed by atoms with Gasteiger partial charge < -0.3 is 19.4 Å². The summed E-state index contributed by atoms with van der Waals surface area (Å²) >= 11 is 0. The molecule has 1 aromatic heterocycles. The van der Waals surface area contributed by atoms with Crippen molar-refractivity contribution in [2.24, 2.45) is 0 Å². The van der Waals surface area contributed by atoms with Gasteiger partial charge in [0.15, 0.2) is 0 Å². The zero-order valence-corrected chi connectivity index (χ0v) is 13.0. The van der Waals surface area contributed by atoms with Crippen LogP contribution in [-0.2, 0) is 14.3 Å². The highest BCUT2D eigenvalue weighted by Gasteiger charge is 2.13. The maximum absolute atomic E-state index is 11.7. The summed E-state index contributed by atoms with van der Waals surface area (Å²) < 4.78 is 9.70. The van der Waals surface area contributed by atoms with Crippen LogP contribution in [0.4, 0.5) is 5.82 Å². The molecule has 0 aliphatic heterocycles. The highest BCUT2D eigenvalue weighted by Crippen LogP contribution is 2.13. The number of carbonyl (C=O) groups is 1. The van der Waals surface area contributed by atoms with Crippen LogP contribution in [-0.4, -0.2) is 49.9 Å². The lowest BCUT2D eigenvalue weighted by molar-refractivity contribution is -0.140. The Morgan fingerprint density at radius 3 is 2.67 bits per heavy atom. The third-order valence-electron chi connectivity index (χ3n) is 3.00. The molecule has 7 heteroatoms. The summed E-state index contributed by atoms with van der Waals surface area (Å²) in [5, 5.41) is 0. The van der Waals surface area contributed by atoms with Gasteiger partial charge in [0.05, 0.1) is 20.1 Å². The van der Waals surface area contributed by atoms with Crippen LogP contribution in [0.1, 0.15) is 32.0 Å². The topological polar surface area (TPSA) is 84.5 Å². The molecule has 0 saturated carbocycles. The molecular formula is C14H23N3O4. The zero-order chi connectivity index (χ0) is 15.8. The SMILES string of the molecule is COCCN(CCC(=O)OC)c1cc(=O)[nH]c(C(C)C)n1. The van der Waals surface area contributed by atoms with Crippen molar-refractivity contribution >= 4 is 11.8 Å². The van der Waals surface area contributed by atoms with Gasteiger partial charge in [0.2, 0.25) is 0 Å². The Balaban J connectivity index is 2.95. The minimum absolute atomic E-state index is 0.113. The summed E-state index contributed by atoms with van der Waals surface area (Å²) in [5.41, 5.74) is -0.204. The molecule has 1 aromatic rings. The van der Waals surface area contributed by atoms with Gasteiger partial charge in [-0.2, -0.15) is 0 Å². The molecule has 0 bridgehead atoms. The maximum atomic E-state index is 11.7. The number of aromatic nitrogens is 2. The second-order valence-electron chi connectivity index (χ2n) is 4.95. The number of nitrogens with zero attached hydrogens (tertiary/aromatic N) is 2. The van der Waals surface area contributed by atoms with Crippen molar-refractivity contribution in [1.29, 1.82) is 0 Å². The van der Waals surface area contributed by atoms with Crippen molar-refractivity contribution in [3.05, 3.63) is 22.2 Å². The van der Waals surface area contributed by atoms with E-state index in [-0.39, 0.29) is 23.9 Å². The largest absolute Gasteiger partial charge is 0.469 e. The fourth-order valence-corrected chi connectivity index (χ4v) is 1.77. The molecule has 0 atom stereocenters. The first kappa shape index (κ1) is 17.2. The monoisotopic (exact) mass is 297 g/mol. The number of carbonyl (C=O) groups excluding carboxylic acids is 1. The first-order valence-electron chi connectivity index (χ1n) is 6.90. The first-order chi connectivity index (χ1) is 9.97. The van der Waals surface area contributed by atoms with E-state index in [1.165, 1.54) is 13.2 Å². The van der Waals surface area contributed by atoms with Gasteiger partial charge >= 0.3 is 5.97 Å². The molecule has 0 aliphatic rings. The summed E-state index contributed by atoms with van der Waals surface area (Å²) in [4.78, 5) is 32.1. The number of ether oxygens (including phenoxy) is 2.